The van der Waals surface area contributed by atoms with Crippen LogP contribution in [0.15, 0.2) is 82.6 Å². The number of amides is 2. The molecule has 1 heterocycles. The number of benzene rings is 3. The van der Waals surface area contributed by atoms with Crippen LogP contribution in [0, 0.1) is 20.8 Å². The fraction of sp³-hybridized carbons (Fsp3) is 0.120. The molecular formula is C25H21NO2S. The van der Waals surface area contributed by atoms with Crippen LogP contribution in [0.2, 0.25) is 0 Å². The number of hydrogen-bond donors (Lipinski definition) is 0. The van der Waals surface area contributed by atoms with Gasteiger partial charge in [-0.15, -0.1) is 0 Å². The number of para-hydroxylation sites is 1. The van der Waals surface area contributed by atoms with Gasteiger partial charge in [-0.3, -0.25) is 9.59 Å². The van der Waals surface area contributed by atoms with Gasteiger partial charge in [-0.25, -0.2) is 4.90 Å². The van der Waals surface area contributed by atoms with E-state index in [1.165, 1.54) is 16.7 Å². The predicted octanol–water partition coefficient (Wildman–Crippen LogP) is 5.69. The molecule has 4 heteroatoms. The summed E-state index contributed by atoms with van der Waals surface area (Å²) in [6, 6.07) is 23.1. The zero-order valence-electron chi connectivity index (χ0n) is 16.6. The lowest BCUT2D eigenvalue weighted by Gasteiger charge is -2.17. The number of hydrogen-bond acceptors (Lipinski definition) is 3. The van der Waals surface area contributed by atoms with Gasteiger partial charge in [0.25, 0.3) is 11.8 Å². The molecule has 0 atom stereocenters. The minimum Gasteiger partial charge on any atom is -0.268 e. The van der Waals surface area contributed by atoms with Crippen LogP contribution in [0.5, 0.6) is 0 Å². The van der Waals surface area contributed by atoms with Crippen LogP contribution in [0.4, 0.5) is 5.69 Å². The zero-order valence-corrected chi connectivity index (χ0v) is 17.4. The number of carbonyl (C=O) groups is 2. The number of rotatable bonds is 4. The van der Waals surface area contributed by atoms with E-state index in [1.54, 1.807) is 0 Å². The largest absolute Gasteiger partial charge is 0.272 e. The third-order valence-corrected chi connectivity index (χ3v) is 6.10. The van der Waals surface area contributed by atoms with Crippen molar-refractivity contribution in [3.63, 3.8) is 0 Å². The van der Waals surface area contributed by atoms with Gasteiger partial charge in [-0.1, -0.05) is 71.9 Å². The van der Waals surface area contributed by atoms with E-state index in [0.29, 0.717) is 16.2 Å². The minimum absolute atomic E-state index is 0.269. The molecule has 3 aromatic rings. The van der Waals surface area contributed by atoms with Crippen molar-refractivity contribution < 1.29 is 9.59 Å². The number of thioether (sulfide) groups is 1. The van der Waals surface area contributed by atoms with Gasteiger partial charge in [0.05, 0.1) is 16.2 Å². The summed E-state index contributed by atoms with van der Waals surface area (Å²) in [5.74, 6) is -0.539. The van der Waals surface area contributed by atoms with E-state index in [2.05, 4.69) is 0 Å². The summed E-state index contributed by atoms with van der Waals surface area (Å²) < 4.78 is 0. The van der Waals surface area contributed by atoms with Crippen molar-refractivity contribution >= 4 is 34.8 Å². The van der Waals surface area contributed by atoms with Gasteiger partial charge >= 0.3 is 0 Å². The molecule has 0 aromatic heterocycles. The molecule has 2 amide bonds. The summed E-state index contributed by atoms with van der Waals surface area (Å²) in [6.07, 6.45) is 0. The Bertz CT molecular complexity index is 1150. The average Bonchev–Trinajstić information content (AvgIpc) is 2.93. The molecule has 3 aromatic carbocycles. The van der Waals surface area contributed by atoms with Gasteiger partial charge in [0.15, 0.2) is 0 Å². The lowest BCUT2D eigenvalue weighted by atomic mass is 9.98. The Morgan fingerprint density at radius 3 is 2.10 bits per heavy atom. The molecule has 0 saturated carbocycles. The molecule has 144 valence electrons. The summed E-state index contributed by atoms with van der Waals surface area (Å²) >= 11 is 1.35. The average molecular weight is 400 g/mol. The Morgan fingerprint density at radius 2 is 1.41 bits per heavy atom. The maximum absolute atomic E-state index is 13.5. The third-order valence-electron chi connectivity index (χ3n) is 5.01. The van der Waals surface area contributed by atoms with Crippen LogP contribution < -0.4 is 4.90 Å². The van der Waals surface area contributed by atoms with E-state index in [4.69, 9.17) is 0 Å². The number of anilines is 1. The Hall–Kier alpha value is -3.11. The smallest absolute Gasteiger partial charge is 0.268 e. The molecule has 0 aliphatic carbocycles. The van der Waals surface area contributed by atoms with Crippen molar-refractivity contribution in [1.29, 1.82) is 0 Å². The van der Waals surface area contributed by atoms with Crippen molar-refractivity contribution in [1.82, 2.24) is 0 Å². The zero-order chi connectivity index (χ0) is 20.5. The van der Waals surface area contributed by atoms with Gasteiger partial charge in [-0.05, 0) is 55.7 Å². The van der Waals surface area contributed by atoms with Crippen LogP contribution >= 0.6 is 11.8 Å². The van der Waals surface area contributed by atoms with Gasteiger partial charge in [-0.2, -0.15) is 0 Å². The molecule has 29 heavy (non-hydrogen) atoms. The number of aryl methyl sites for hydroxylation is 3. The predicted molar refractivity (Wildman–Crippen MR) is 119 cm³/mol. The highest BCUT2D eigenvalue weighted by Crippen LogP contribution is 2.42. The molecule has 1 aliphatic heterocycles. The Balaban J connectivity index is 1.88. The molecular weight excluding hydrogens is 378 g/mol. The number of imide groups is 1. The Labute approximate surface area is 175 Å². The summed E-state index contributed by atoms with van der Waals surface area (Å²) in [4.78, 5) is 29.7. The lowest BCUT2D eigenvalue weighted by molar-refractivity contribution is -0.119. The molecule has 1 aliphatic rings. The topological polar surface area (TPSA) is 37.4 Å². The van der Waals surface area contributed by atoms with Crippen LogP contribution in [-0.2, 0) is 9.59 Å². The summed E-state index contributed by atoms with van der Waals surface area (Å²) in [5.41, 5.74) is 4.91. The van der Waals surface area contributed by atoms with Gasteiger partial charge in [0.1, 0.15) is 0 Å². The van der Waals surface area contributed by atoms with E-state index in [1.807, 2.05) is 93.6 Å². The van der Waals surface area contributed by atoms with Gasteiger partial charge in [0, 0.05) is 4.90 Å². The first kappa shape index (κ1) is 19.2. The summed E-state index contributed by atoms with van der Waals surface area (Å²) in [6.45, 7) is 5.91. The van der Waals surface area contributed by atoms with Crippen molar-refractivity contribution in [2.75, 3.05) is 4.90 Å². The van der Waals surface area contributed by atoms with Gasteiger partial charge in [0.2, 0.25) is 0 Å². The molecule has 4 rings (SSSR count). The third kappa shape index (κ3) is 3.52. The quantitative estimate of drug-likeness (QED) is 0.529. The van der Waals surface area contributed by atoms with Crippen LogP contribution in [0.1, 0.15) is 22.3 Å². The van der Waals surface area contributed by atoms with Crippen molar-refractivity contribution in [2.45, 2.75) is 25.7 Å². The standard InChI is InChI=1S/C25H21NO2S/c1-16-13-14-20(18(3)15-16)22-23(29-19-10-5-4-6-11-19)25(28)26(24(22)27)21-12-8-7-9-17(21)2/h4-15H,1-3H3. The normalized spacial score (nSPS) is 14.1. The van der Waals surface area contributed by atoms with Gasteiger partial charge < -0.3 is 0 Å². The second-order valence-corrected chi connectivity index (χ2v) is 8.25. The highest BCUT2D eigenvalue weighted by molar-refractivity contribution is 8.04. The van der Waals surface area contributed by atoms with Crippen molar-refractivity contribution in [2.24, 2.45) is 0 Å². The molecule has 3 nitrogen and oxygen atoms in total. The maximum atomic E-state index is 13.5. The summed E-state index contributed by atoms with van der Waals surface area (Å²) in [5, 5.41) is 0. The van der Waals surface area contributed by atoms with Crippen LogP contribution in [0.25, 0.3) is 5.57 Å². The van der Waals surface area contributed by atoms with E-state index in [-0.39, 0.29) is 11.8 Å². The highest BCUT2D eigenvalue weighted by Gasteiger charge is 2.41. The highest BCUT2D eigenvalue weighted by atomic mass is 32.2. The Kier molecular flexibility index (Phi) is 5.12. The molecule has 0 radical (unpaired) electrons. The lowest BCUT2D eigenvalue weighted by Crippen LogP contribution is -2.31. The molecule has 0 spiro atoms. The SMILES string of the molecule is Cc1ccc(C2=C(Sc3ccccc3)C(=O)N(c3ccccc3C)C2=O)c(C)c1. The van der Waals surface area contributed by atoms with Crippen molar-refractivity contribution in [3.05, 3.63) is 100.0 Å². The molecule has 0 saturated heterocycles. The first-order valence-corrected chi connectivity index (χ1v) is 10.3. The summed E-state index contributed by atoms with van der Waals surface area (Å²) in [7, 11) is 0. The van der Waals surface area contributed by atoms with Crippen LogP contribution in [-0.4, -0.2) is 11.8 Å². The second kappa shape index (κ2) is 7.72. The Morgan fingerprint density at radius 1 is 0.724 bits per heavy atom. The molecule has 0 bridgehead atoms. The molecule has 0 N–H and O–H groups in total. The van der Waals surface area contributed by atoms with E-state index in [0.717, 1.165) is 27.1 Å². The maximum Gasteiger partial charge on any atom is 0.272 e. The van der Waals surface area contributed by atoms with Crippen LogP contribution in [0.3, 0.4) is 0 Å². The second-order valence-electron chi connectivity index (χ2n) is 7.17. The number of nitrogens with zero attached hydrogens (tertiary/aromatic N) is 1. The molecule has 0 fully saturated rings. The first-order valence-electron chi connectivity index (χ1n) is 9.46. The van der Waals surface area contributed by atoms with E-state index in [9.17, 15) is 9.59 Å². The fourth-order valence-corrected chi connectivity index (χ4v) is 4.58. The van der Waals surface area contributed by atoms with E-state index < -0.39 is 0 Å². The van der Waals surface area contributed by atoms with Crippen molar-refractivity contribution in [3.8, 4) is 0 Å². The van der Waals surface area contributed by atoms with E-state index >= 15 is 0 Å². The molecule has 0 unspecified atom stereocenters. The monoisotopic (exact) mass is 399 g/mol. The minimum atomic E-state index is -0.270. The number of carbonyl (C=O) groups excluding carboxylic acids is 2. The first-order chi connectivity index (χ1) is 14.0. The fourth-order valence-electron chi connectivity index (χ4n) is 3.58.